The van der Waals surface area contributed by atoms with Gasteiger partial charge in [0.05, 0.1) is 5.69 Å². The number of allylic oxidation sites excluding steroid dienone is 1. The van der Waals surface area contributed by atoms with Gasteiger partial charge in [0.15, 0.2) is 0 Å². The number of carboxylic acids is 1. The van der Waals surface area contributed by atoms with E-state index in [-0.39, 0.29) is 0 Å². The summed E-state index contributed by atoms with van der Waals surface area (Å²) in [5, 5.41) is 8.67. The molecule has 0 aliphatic carbocycles. The Morgan fingerprint density at radius 3 is 2.86 bits per heavy atom. The van der Waals surface area contributed by atoms with E-state index in [0.29, 0.717) is 0 Å². The van der Waals surface area contributed by atoms with Crippen LogP contribution in [-0.4, -0.2) is 16.1 Å². The van der Waals surface area contributed by atoms with Gasteiger partial charge in [-0.25, -0.2) is 4.79 Å². The SMILES string of the molecule is CCC/C(=C\C(=O)O)c1ccccn1. The summed E-state index contributed by atoms with van der Waals surface area (Å²) in [4.78, 5) is 14.7. The van der Waals surface area contributed by atoms with E-state index >= 15 is 0 Å². The molecule has 3 heteroatoms. The third kappa shape index (κ3) is 3.01. The second kappa shape index (κ2) is 5.17. The molecule has 1 N–H and O–H groups in total. The van der Waals surface area contributed by atoms with Gasteiger partial charge in [-0.15, -0.1) is 0 Å². The molecule has 1 aromatic heterocycles. The fourth-order valence-electron chi connectivity index (χ4n) is 1.25. The fourth-order valence-corrected chi connectivity index (χ4v) is 1.25. The van der Waals surface area contributed by atoms with Crippen molar-refractivity contribution < 1.29 is 9.90 Å². The molecule has 0 amide bonds. The van der Waals surface area contributed by atoms with Gasteiger partial charge in [0, 0.05) is 12.3 Å². The van der Waals surface area contributed by atoms with Crippen molar-refractivity contribution in [1.82, 2.24) is 4.98 Å². The quantitative estimate of drug-likeness (QED) is 0.743. The van der Waals surface area contributed by atoms with Crippen LogP contribution in [0.1, 0.15) is 25.5 Å². The molecule has 0 radical (unpaired) electrons. The minimum Gasteiger partial charge on any atom is -0.478 e. The molecule has 1 heterocycles. The highest BCUT2D eigenvalue weighted by molar-refractivity contribution is 5.89. The molecule has 0 atom stereocenters. The van der Waals surface area contributed by atoms with Gasteiger partial charge in [-0.2, -0.15) is 0 Å². The second-order valence-electron chi connectivity index (χ2n) is 2.97. The lowest BCUT2D eigenvalue weighted by Crippen LogP contribution is -1.94. The van der Waals surface area contributed by atoms with Crippen molar-refractivity contribution in [1.29, 1.82) is 0 Å². The molecular weight excluding hydrogens is 178 g/mol. The van der Waals surface area contributed by atoms with Crippen LogP contribution in [0.4, 0.5) is 0 Å². The van der Waals surface area contributed by atoms with E-state index in [4.69, 9.17) is 5.11 Å². The van der Waals surface area contributed by atoms with Crippen LogP contribution >= 0.6 is 0 Å². The van der Waals surface area contributed by atoms with Gasteiger partial charge in [-0.05, 0) is 24.1 Å². The highest BCUT2D eigenvalue weighted by atomic mass is 16.4. The number of aromatic nitrogens is 1. The van der Waals surface area contributed by atoms with Crippen LogP contribution < -0.4 is 0 Å². The average molecular weight is 191 g/mol. The van der Waals surface area contributed by atoms with Crippen LogP contribution in [0, 0.1) is 0 Å². The molecule has 0 spiro atoms. The van der Waals surface area contributed by atoms with E-state index in [0.717, 1.165) is 24.1 Å². The van der Waals surface area contributed by atoms with Crippen LogP contribution in [-0.2, 0) is 4.79 Å². The summed E-state index contributed by atoms with van der Waals surface area (Å²) in [6, 6.07) is 5.49. The summed E-state index contributed by atoms with van der Waals surface area (Å²) in [7, 11) is 0. The molecule has 1 rings (SSSR count). The third-order valence-corrected chi connectivity index (χ3v) is 1.81. The van der Waals surface area contributed by atoms with Gasteiger partial charge >= 0.3 is 5.97 Å². The number of pyridine rings is 1. The van der Waals surface area contributed by atoms with E-state index in [1.54, 1.807) is 6.20 Å². The maximum Gasteiger partial charge on any atom is 0.328 e. The Labute approximate surface area is 83.1 Å². The van der Waals surface area contributed by atoms with Crippen LogP contribution in [0.5, 0.6) is 0 Å². The van der Waals surface area contributed by atoms with E-state index in [1.165, 1.54) is 6.08 Å². The van der Waals surface area contributed by atoms with Gasteiger partial charge in [0.25, 0.3) is 0 Å². The molecule has 3 nitrogen and oxygen atoms in total. The van der Waals surface area contributed by atoms with Crippen molar-refractivity contribution in [3.63, 3.8) is 0 Å². The van der Waals surface area contributed by atoms with Crippen LogP contribution in [0.25, 0.3) is 5.57 Å². The van der Waals surface area contributed by atoms with Crippen molar-refractivity contribution in [3.05, 3.63) is 36.2 Å². The number of nitrogens with zero attached hydrogens (tertiary/aromatic N) is 1. The van der Waals surface area contributed by atoms with Crippen molar-refractivity contribution in [2.45, 2.75) is 19.8 Å². The maximum absolute atomic E-state index is 10.6. The Balaban J connectivity index is 2.94. The Morgan fingerprint density at radius 1 is 1.57 bits per heavy atom. The van der Waals surface area contributed by atoms with Gasteiger partial charge in [0.2, 0.25) is 0 Å². The van der Waals surface area contributed by atoms with E-state index in [1.807, 2.05) is 25.1 Å². The third-order valence-electron chi connectivity index (χ3n) is 1.81. The summed E-state index contributed by atoms with van der Waals surface area (Å²) in [5.74, 6) is -0.917. The number of carboxylic acid groups (broad SMARTS) is 1. The molecule has 0 aliphatic rings. The number of rotatable bonds is 4. The van der Waals surface area contributed by atoms with Gasteiger partial charge in [-0.1, -0.05) is 19.4 Å². The van der Waals surface area contributed by atoms with Crippen molar-refractivity contribution in [3.8, 4) is 0 Å². The Bertz CT molecular complexity index is 330. The zero-order chi connectivity index (χ0) is 10.4. The second-order valence-corrected chi connectivity index (χ2v) is 2.97. The summed E-state index contributed by atoms with van der Waals surface area (Å²) in [6.45, 7) is 2.01. The molecule has 0 bridgehead atoms. The summed E-state index contributed by atoms with van der Waals surface area (Å²) >= 11 is 0. The first-order valence-electron chi connectivity index (χ1n) is 4.59. The van der Waals surface area contributed by atoms with Crippen LogP contribution in [0.2, 0.25) is 0 Å². The van der Waals surface area contributed by atoms with E-state index in [9.17, 15) is 4.79 Å². The molecule has 0 saturated carbocycles. The first-order valence-corrected chi connectivity index (χ1v) is 4.59. The van der Waals surface area contributed by atoms with Crippen molar-refractivity contribution in [2.24, 2.45) is 0 Å². The Kier molecular flexibility index (Phi) is 3.85. The molecule has 0 aromatic carbocycles. The van der Waals surface area contributed by atoms with Crippen molar-refractivity contribution in [2.75, 3.05) is 0 Å². The normalized spacial score (nSPS) is 11.4. The minimum atomic E-state index is -0.917. The maximum atomic E-state index is 10.6. The first-order chi connectivity index (χ1) is 6.74. The Morgan fingerprint density at radius 2 is 2.36 bits per heavy atom. The molecule has 0 aliphatic heterocycles. The van der Waals surface area contributed by atoms with Gasteiger partial charge in [-0.3, -0.25) is 4.98 Å². The standard InChI is InChI=1S/C11H13NO2/c1-2-5-9(8-11(13)14)10-6-3-4-7-12-10/h3-4,6-8H,2,5H2,1H3,(H,13,14)/b9-8+. The summed E-state index contributed by atoms with van der Waals surface area (Å²) < 4.78 is 0. The molecular formula is C11H13NO2. The zero-order valence-corrected chi connectivity index (χ0v) is 8.10. The van der Waals surface area contributed by atoms with Gasteiger partial charge < -0.3 is 5.11 Å². The van der Waals surface area contributed by atoms with E-state index < -0.39 is 5.97 Å². The lowest BCUT2D eigenvalue weighted by molar-refractivity contribution is -0.131. The minimum absolute atomic E-state index is 0.739. The zero-order valence-electron chi connectivity index (χ0n) is 8.10. The number of carbonyl (C=O) groups is 1. The molecule has 0 saturated heterocycles. The van der Waals surface area contributed by atoms with Gasteiger partial charge in [0.1, 0.15) is 0 Å². The molecule has 14 heavy (non-hydrogen) atoms. The largest absolute Gasteiger partial charge is 0.478 e. The predicted octanol–water partition coefficient (Wildman–Crippen LogP) is 2.35. The first kappa shape index (κ1) is 10.4. The fraction of sp³-hybridized carbons (Fsp3) is 0.273. The number of hydrogen-bond donors (Lipinski definition) is 1. The highest BCUT2D eigenvalue weighted by Crippen LogP contribution is 2.16. The number of hydrogen-bond acceptors (Lipinski definition) is 2. The predicted molar refractivity (Wildman–Crippen MR) is 54.8 cm³/mol. The number of aliphatic carboxylic acids is 1. The topological polar surface area (TPSA) is 50.2 Å². The Hall–Kier alpha value is -1.64. The lowest BCUT2D eigenvalue weighted by atomic mass is 10.1. The monoisotopic (exact) mass is 191 g/mol. The average Bonchev–Trinajstić information content (AvgIpc) is 2.18. The lowest BCUT2D eigenvalue weighted by Gasteiger charge is -2.03. The summed E-state index contributed by atoms with van der Waals surface area (Å²) in [6.07, 6.45) is 4.55. The molecule has 0 fully saturated rings. The van der Waals surface area contributed by atoms with Crippen LogP contribution in [0.3, 0.4) is 0 Å². The van der Waals surface area contributed by atoms with Crippen molar-refractivity contribution >= 4 is 11.5 Å². The molecule has 74 valence electrons. The summed E-state index contributed by atoms with van der Waals surface area (Å²) in [5.41, 5.74) is 1.53. The van der Waals surface area contributed by atoms with Crippen LogP contribution in [0.15, 0.2) is 30.5 Å². The molecule has 0 unspecified atom stereocenters. The smallest absolute Gasteiger partial charge is 0.328 e. The highest BCUT2D eigenvalue weighted by Gasteiger charge is 2.03. The molecule has 1 aromatic rings. The van der Waals surface area contributed by atoms with E-state index in [2.05, 4.69) is 4.98 Å².